The second kappa shape index (κ2) is 20.2. The first-order chi connectivity index (χ1) is 22.2. The molecule has 0 fully saturated rings. The van der Waals surface area contributed by atoms with Crippen LogP contribution in [0.15, 0.2) is 127 Å². The fourth-order valence-electron chi connectivity index (χ4n) is 4.75. The largest absolute Gasteiger partial charge is 0.388 e. The first-order valence-electron chi connectivity index (χ1n) is 16.2. The average molecular weight is 620 g/mol. The number of ketones is 1. The number of nitrogens with zero attached hydrogens (tertiary/aromatic N) is 3. The number of carbonyl (C=O) groups excluding carboxylic acids is 1. The lowest BCUT2D eigenvalue weighted by molar-refractivity contribution is 0.104. The molecule has 3 N–H and O–H groups in total. The summed E-state index contributed by atoms with van der Waals surface area (Å²) >= 11 is 0. The van der Waals surface area contributed by atoms with E-state index in [1.807, 2.05) is 78.3 Å². The van der Waals surface area contributed by atoms with Crippen LogP contribution in [0.5, 0.6) is 0 Å². The number of hydrogen-bond donors (Lipinski definition) is 2. The Morgan fingerprint density at radius 1 is 0.957 bits per heavy atom. The van der Waals surface area contributed by atoms with E-state index in [0.29, 0.717) is 17.4 Å². The van der Waals surface area contributed by atoms with Crippen LogP contribution in [-0.2, 0) is 0 Å². The van der Waals surface area contributed by atoms with Crippen molar-refractivity contribution < 1.29 is 4.79 Å². The Bertz CT molecular complexity index is 1560. The number of amidine groups is 1. The van der Waals surface area contributed by atoms with Crippen molar-refractivity contribution in [1.29, 1.82) is 0 Å². The van der Waals surface area contributed by atoms with E-state index < -0.39 is 0 Å². The molecule has 0 unspecified atom stereocenters. The van der Waals surface area contributed by atoms with Crippen molar-refractivity contribution in [3.63, 3.8) is 0 Å². The van der Waals surface area contributed by atoms with Crippen LogP contribution in [0.2, 0.25) is 0 Å². The number of pyridine rings is 1. The standard InChI is InChI=1S/C17H13NO.C15H29N3.C8H11N/c1-2-16(19)17-15(13-8-4-3-5-9-13)12-14-10-6-7-11-18(14)17;1-6-9-11-18(10-7-2)15(8-3)17-14(16)12-13(4)5;1-7-3-5-8(9-2)6-4-7/h2-12H,1H2;8,12-13H,3,6-7,9-11,16H2,1-2,4-5H3;3-6,9H,1-2H3/b;14-12-,17-15+;. The number of fused-ring (bicyclic) bond motifs is 1. The zero-order valence-corrected chi connectivity index (χ0v) is 28.7. The molecule has 0 bridgehead atoms. The number of benzene rings is 2. The summed E-state index contributed by atoms with van der Waals surface area (Å²) in [6, 6.07) is 26.1. The second-order valence-electron chi connectivity index (χ2n) is 11.3. The molecular weight excluding hydrogens is 566 g/mol. The van der Waals surface area contributed by atoms with Gasteiger partial charge in [0.15, 0.2) is 0 Å². The minimum atomic E-state index is -0.0648. The number of anilines is 1. The smallest absolute Gasteiger partial charge is 0.202 e. The van der Waals surface area contributed by atoms with E-state index in [1.54, 1.807) is 6.08 Å². The normalized spacial score (nSPS) is 11.2. The highest BCUT2D eigenvalue weighted by Crippen LogP contribution is 2.28. The molecular formula is C40H53N5O. The molecule has 244 valence electrons. The zero-order valence-electron chi connectivity index (χ0n) is 28.7. The van der Waals surface area contributed by atoms with Gasteiger partial charge in [0.1, 0.15) is 17.4 Å². The number of aliphatic imine (C=N–C) groups is 1. The van der Waals surface area contributed by atoms with Crippen molar-refractivity contribution in [2.75, 3.05) is 25.5 Å². The molecule has 0 atom stereocenters. The maximum atomic E-state index is 12.1. The highest BCUT2D eigenvalue weighted by atomic mass is 16.1. The predicted molar refractivity (Wildman–Crippen MR) is 200 cm³/mol. The molecule has 0 saturated carbocycles. The van der Waals surface area contributed by atoms with E-state index in [0.717, 1.165) is 42.0 Å². The molecule has 0 aliphatic heterocycles. The first-order valence-corrected chi connectivity index (χ1v) is 16.2. The summed E-state index contributed by atoms with van der Waals surface area (Å²) in [5, 5.41) is 3.05. The van der Waals surface area contributed by atoms with Gasteiger partial charge in [-0.3, -0.25) is 4.79 Å². The van der Waals surface area contributed by atoms with E-state index in [-0.39, 0.29) is 5.78 Å². The highest BCUT2D eigenvalue weighted by molar-refractivity contribution is 6.09. The molecule has 6 nitrogen and oxygen atoms in total. The molecule has 4 rings (SSSR count). The molecule has 2 aromatic carbocycles. The molecule has 0 saturated heterocycles. The molecule has 0 aliphatic carbocycles. The molecule has 0 aliphatic rings. The Morgan fingerprint density at radius 2 is 1.63 bits per heavy atom. The van der Waals surface area contributed by atoms with E-state index in [2.05, 4.69) is 87.3 Å². The summed E-state index contributed by atoms with van der Waals surface area (Å²) in [4.78, 5) is 18.9. The SMILES string of the molecule is C=C/C(=N\C(N)=C/C(C)C)N(CCC)CCCC.C=CC(=O)c1c(-c2ccccc2)cc2ccccn12.CNc1ccc(C)cc1. The summed E-state index contributed by atoms with van der Waals surface area (Å²) in [5.41, 5.74) is 12.0. The van der Waals surface area contributed by atoms with Gasteiger partial charge in [0.05, 0.1) is 0 Å². The van der Waals surface area contributed by atoms with Gasteiger partial charge in [-0.05, 0) is 79.8 Å². The Hall–Kier alpha value is -4.84. The van der Waals surface area contributed by atoms with Gasteiger partial charge in [-0.2, -0.15) is 0 Å². The molecule has 2 aromatic heterocycles. The van der Waals surface area contributed by atoms with E-state index in [4.69, 9.17) is 5.73 Å². The summed E-state index contributed by atoms with van der Waals surface area (Å²) in [7, 11) is 1.92. The Balaban J connectivity index is 0.000000255. The zero-order chi connectivity index (χ0) is 33.9. The van der Waals surface area contributed by atoms with Crippen LogP contribution in [0.3, 0.4) is 0 Å². The topological polar surface area (TPSA) is 75.1 Å². The van der Waals surface area contributed by atoms with Crippen LogP contribution >= 0.6 is 0 Å². The lowest BCUT2D eigenvalue weighted by atomic mass is 10.0. The van der Waals surface area contributed by atoms with E-state index in [1.165, 1.54) is 30.2 Å². The van der Waals surface area contributed by atoms with E-state index in [9.17, 15) is 4.79 Å². The maximum absolute atomic E-state index is 12.1. The monoisotopic (exact) mass is 619 g/mol. The number of rotatable bonds is 12. The van der Waals surface area contributed by atoms with Crippen LogP contribution in [0, 0.1) is 12.8 Å². The maximum Gasteiger partial charge on any atom is 0.202 e. The van der Waals surface area contributed by atoms with Crippen molar-refractivity contribution in [3.8, 4) is 11.1 Å². The summed E-state index contributed by atoms with van der Waals surface area (Å²) in [6.07, 6.45) is 10.5. The summed E-state index contributed by atoms with van der Waals surface area (Å²) in [5.74, 6) is 1.82. The average Bonchev–Trinajstić information content (AvgIpc) is 3.46. The first kappa shape index (κ1) is 37.3. The third kappa shape index (κ3) is 11.9. The Morgan fingerprint density at radius 3 is 2.20 bits per heavy atom. The van der Waals surface area contributed by atoms with Crippen molar-refractivity contribution in [2.24, 2.45) is 16.6 Å². The van der Waals surface area contributed by atoms with Crippen LogP contribution in [0.25, 0.3) is 16.6 Å². The minimum Gasteiger partial charge on any atom is -0.388 e. The lowest BCUT2D eigenvalue weighted by Gasteiger charge is -2.23. The van der Waals surface area contributed by atoms with Gasteiger partial charge < -0.3 is 20.4 Å². The number of aryl methyl sites for hydroxylation is 1. The third-order valence-electron chi connectivity index (χ3n) is 7.05. The number of nitrogens with two attached hydrogens (primary N) is 1. The van der Waals surface area contributed by atoms with E-state index >= 15 is 0 Å². The van der Waals surface area contributed by atoms with Gasteiger partial charge in [-0.1, -0.05) is 101 Å². The number of allylic oxidation sites excluding steroid dienone is 2. The van der Waals surface area contributed by atoms with Crippen molar-refractivity contribution >= 4 is 22.8 Å². The third-order valence-corrected chi connectivity index (χ3v) is 7.05. The van der Waals surface area contributed by atoms with Crippen molar-refractivity contribution in [1.82, 2.24) is 9.30 Å². The van der Waals surface area contributed by atoms with Crippen molar-refractivity contribution in [3.05, 3.63) is 134 Å². The van der Waals surface area contributed by atoms with Gasteiger partial charge in [0.2, 0.25) is 5.78 Å². The molecule has 6 heteroatoms. The van der Waals surface area contributed by atoms with Gasteiger partial charge in [-0.15, -0.1) is 0 Å². The van der Waals surface area contributed by atoms with Gasteiger partial charge in [-0.25, -0.2) is 4.99 Å². The number of carbonyl (C=O) groups is 1. The van der Waals surface area contributed by atoms with Crippen LogP contribution in [0.4, 0.5) is 5.69 Å². The van der Waals surface area contributed by atoms with Gasteiger partial charge in [0.25, 0.3) is 0 Å². The van der Waals surface area contributed by atoms with Gasteiger partial charge >= 0.3 is 0 Å². The molecule has 46 heavy (non-hydrogen) atoms. The highest BCUT2D eigenvalue weighted by Gasteiger charge is 2.16. The Labute approximate surface area is 277 Å². The van der Waals surface area contributed by atoms with Crippen molar-refractivity contribution in [2.45, 2.75) is 53.9 Å². The van der Waals surface area contributed by atoms with Crippen LogP contribution in [-0.4, -0.2) is 41.1 Å². The number of nitrogens with one attached hydrogen (secondary N) is 1. The van der Waals surface area contributed by atoms with Crippen LogP contribution < -0.4 is 11.1 Å². The number of unbranched alkanes of at least 4 members (excludes halogenated alkanes) is 1. The van der Waals surface area contributed by atoms with Gasteiger partial charge in [0, 0.05) is 43.1 Å². The molecule has 2 heterocycles. The minimum absolute atomic E-state index is 0.0648. The number of hydrogen-bond acceptors (Lipinski definition) is 4. The predicted octanol–water partition coefficient (Wildman–Crippen LogP) is 9.55. The van der Waals surface area contributed by atoms with Crippen LogP contribution in [0.1, 0.15) is 63.0 Å². The Kier molecular flexibility index (Phi) is 16.4. The molecule has 4 aromatic rings. The molecule has 0 spiro atoms. The summed E-state index contributed by atoms with van der Waals surface area (Å²) in [6.45, 7) is 20.1. The fourth-order valence-corrected chi connectivity index (χ4v) is 4.75. The second-order valence-corrected chi connectivity index (χ2v) is 11.3. The fraction of sp³-hybridized carbons (Fsp3) is 0.300. The molecule has 0 amide bonds. The quantitative estimate of drug-likeness (QED) is 0.0717. The lowest BCUT2D eigenvalue weighted by Crippen LogP contribution is -2.31. The summed E-state index contributed by atoms with van der Waals surface area (Å²) < 4.78 is 1.91. The number of aromatic nitrogens is 1. The molecule has 0 radical (unpaired) electrons.